The van der Waals surface area contributed by atoms with Crippen LogP contribution in [0.1, 0.15) is 21.5 Å². The molecule has 0 saturated heterocycles. The summed E-state index contributed by atoms with van der Waals surface area (Å²) in [5.41, 5.74) is 2.94. The maximum absolute atomic E-state index is 12.1. The average molecular weight is 346 g/mol. The van der Waals surface area contributed by atoms with E-state index in [1.165, 1.54) is 6.07 Å². The number of para-hydroxylation sites is 2. The van der Waals surface area contributed by atoms with Crippen molar-refractivity contribution in [1.29, 1.82) is 0 Å². The van der Waals surface area contributed by atoms with Crippen molar-refractivity contribution in [3.63, 3.8) is 0 Å². The molecule has 8 heteroatoms. The Morgan fingerprint density at radius 1 is 1.21 bits per heavy atom. The molecule has 2 aromatic rings. The molecule has 0 saturated carbocycles. The summed E-state index contributed by atoms with van der Waals surface area (Å²) in [6.45, 7) is 1.78. The second-order valence-corrected chi connectivity index (χ2v) is 6.09. The van der Waals surface area contributed by atoms with Crippen molar-refractivity contribution in [3.05, 3.63) is 46.2 Å². The standard InChI is InChI=1S/C16H14N2O5S/c1-9(13-6-7-14(24-13)16(20)21)17-18-15(19)12-8-22-10-4-2-3-5-11(10)23-12/h2-7,12H,8H2,1H3,(H,18,19)(H,20,21)/b17-9-/t12-/m0/s1. The lowest BCUT2D eigenvalue weighted by molar-refractivity contribution is -0.130. The van der Waals surface area contributed by atoms with Gasteiger partial charge in [0.2, 0.25) is 6.10 Å². The zero-order valence-electron chi connectivity index (χ0n) is 12.7. The minimum Gasteiger partial charge on any atom is -0.485 e. The number of thiophene rings is 1. The van der Waals surface area contributed by atoms with Crippen LogP contribution in [0.25, 0.3) is 0 Å². The number of hydrogen-bond acceptors (Lipinski definition) is 6. The number of carboxylic acids is 1. The predicted octanol–water partition coefficient (Wildman–Crippen LogP) is 2.13. The van der Waals surface area contributed by atoms with E-state index in [-0.39, 0.29) is 11.5 Å². The Morgan fingerprint density at radius 3 is 2.62 bits per heavy atom. The van der Waals surface area contributed by atoms with Gasteiger partial charge in [-0.15, -0.1) is 11.3 Å². The van der Waals surface area contributed by atoms with Gasteiger partial charge in [0, 0.05) is 0 Å². The average Bonchev–Trinajstić information content (AvgIpc) is 3.09. The summed E-state index contributed by atoms with van der Waals surface area (Å²) in [6.07, 6.45) is -0.797. The number of rotatable bonds is 4. The van der Waals surface area contributed by atoms with Crippen LogP contribution in [0.3, 0.4) is 0 Å². The summed E-state index contributed by atoms with van der Waals surface area (Å²) >= 11 is 1.09. The SMILES string of the molecule is C/C(=N/NC(=O)[C@@H]1COc2ccccc2O1)c1ccc(C(=O)O)s1. The van der Waals surface area contributed by atoms with Crippen molar-refractivity contribution in [3.8, 4) is 11.5 Å². The van der Waals surface area contributed by atoms with Crippen LogP contribution in [-0.2, 0) is 4.79 Å². The van der Waals surface area contributed by atoms with Crippen molar-refractivity contribution in [2.45, 2.75) is 13.0 Å². The number of carbonyl (C=O) groups excluding carboxylic acids is 1. The molecule has 0 aliphatic carbocycles. The number of aromatic carboxylic acids is 1. The summed E-state index contributed by atoms with van der Waals surface area (Å²) in [6, 6.07) is 10.3. The highest BCUT2D eigenvalue weighted by Gasteiger charge is 2.27. The van der Waals surface area contributed by atoms with Gasteiger partial charge in [-0.05, 0) is 31.2 Å². The van der Waals surface area contributed by atoms with Crippen LogP contribution in [0.2, 0.25) is 0 Å². The number of carbonyl (C=O) groups is 2. The lowest BCUT2D eigenvalue weighted by Crippen LogP contribution is -2.42. The van der Waals surface area contributed by atoms with Crippen molar-refractivity contribution >= 4 is 28.9 Å². The van der Waals surface area contributed by atoms with Crippen molar-refractivity contribution in [2.24, 2.45) is 5.10 Å². The molecule has 0 unspecified atom stereocenters. The van der Waals surface area contributed by atoms with E-state index in [1.807, 2.05) is 6.07 Å². The van der Waals surface area contributed by atoms with Crippen molar-refractivity contribution in [2.75, 3.05) is 6.61 Å². The molecule has 2 heterocycles. The maximum atomic E-state index is 12.1. The molecule has 0 bridgehead atoms. The zero-order valence-corrected chi connectivity index (χ0v) is 13.5. The molecule has 1 amide bonds. The van der Waals surface area contributed by atoms with Gasteiger partial charge >= 0.3 is 5.97 Å². The first kappa shape index (κ1) is 16.0. The second kappa shape index (κ2) is 6.71. The summed E-state index contributed by atoms with van der Waals surface area (Å²) < 4.78 is 11.1. The van der Waals surface area contributed by atoms with Crippen LogP contribution in [0, 0.1) is 0 Å². The van der Waals surface area contributed by atoms with E-state index >= 15 is 0 Å². The molecule has 1 aliphatic heterocycles. The normalized spacial score (nSPS) is 16.5. The fourth-order valence-electron chi connectivity index (χ4n) is 2.06. The van der Waals surface area contributed by atoms with Crippen LogP contribution in [0.15, 0.2) is 41.5 Å². The smallest absolute Gasteiger partial charge is 0.345 e. The molecule has 1 aromatic heterocycles. The molecule has 1 aromatic carbocycles. The quantitative estimate of drug-likeness (QED) is 0.653. The highest BCUT2D eigenvalue weighted by Crippen LogP contribution is 2.30. The molecule has 0 fully saturated rings. The molecular formula is C16H14N2O5S. The maximum Gasteiger partial charge on any atom is 0.345 e. The molecule has 3 rings (SSSR count). The van der Waals surface area contributed by atoms with Crippen LogP contribution in [-0.4, -0.2) is 35.4 Å². The Bertz CT molecular complexity index is 814. The summed E-state index contributed by atoms with van der Waals surface area (Å²) in [5, 5.41) is 12.9. The number of carboxylic acid groups (broad SMARTS) is 1. The monoisotopic (exact) mass is 346 g/mol. The predicted molar refractivity (Wildman–Crippen MR) is 88.0 cm³/mol. The topological polar surface area (TPSA) is 97.2 Å². The lowest BCUT2D eigenvalue weighted by atomic mass is 10.2. The van der Waals surface area contributed by atoms with Gasteiger partial charge in [0.15, 0.2) is 11.5 Å². The van der Waals surface area contributed by atoms with E-state index in [4.69, 9.17) is 14.6 Å². The summed E-state index contributed by atoms with van der Waals surface area (Å²) in [4.78, 5) is 23.9. The summed E-state index contributed by atoms with van der Waals surface area (Å²) in [5.74, 6) is -0.316. The lowest BCUT2D eigenvalue weighted by Gasteiger charge is -2.24. The first-order chi connectivity index (χ1) is 11.5. The number of nitrogens with zero attached hydrogens (tertiary/aromatic N) is 1. The fourth-order valence-corrected chi connectivity index (χ4v) is 2.85. The van der Waals surface area contributed by atoms with Crippen LogP contribution in [0.4, 0.5) is 0 Å². The fraction of sp³-hybridized carbons (Fsp3) is 0.188. The van der Waals surface area contributed by atoms with Gasteiger partial charge in [-0.1, -0.05) is 12.1 Å². The third kappa shape index (κ3) is 3.38. The van der Waals surface area contributed by atoms with E-state index in [1.54, 1.807) is 31.2 Å². The minimum absolute atomic E-state index is 0.0968. The van der Waals surface area contributed by atoms with Crippen LogP contribution in [0.5, 0.6) is 11.5 Å². The number of ether oxygens (including phenoxy) is 2. The molecule has 124 valence electrons. The number of hydrogen-bond donors (Lipinski definition) is 2. The minimum atomic E-state index is -0.991. The molecule has 0 radical (unpaired) electrons. The molecule has 7 nitrogen and oxygen atoms in total. The van der Waals surface area contributed by atoms with E-state index in [2.05, 4.69) is 10.5 Å². The number of nitrogens with one attached hydrogen (secondary N) is 1. The van der Waals surface area contributed by atoms with Gasteiger partial charge in [0.25, 0.3) is 5.91 Å². The third-order valence-corrected chi connectivity index (χ3v) is 4.49. The van der Waals surface area contributed by atoms with Crippen molar-refractivity contribution < 1.29 is 24.2 Å². The number of fused-ring (bicyclic) bond motifs is 1. The van der Waals surface area contributed by atoms with Gasteiger partial charge in [-0.3, -0.25) is 4.79 Å². The number of amides is 1. The molecule has 1 atom stereocenters. The van der Waals surface area contributed by atoms with Gasteiger partial charge < -0.3 is 14.6 Å². The highest BCUT2D eigenvalue weighted by molar-refractivity contribution is 7.15. The first-order valence-corrected chi connectivity index (χ1v) is 7.92. The Balaban J connectivity index is 1.63. The second-order valence-electron chi connectivity index (χ2n) is 5.01. The Morgan fingerprint density at radius 2 is 1.92 bits per heavy atom. The largest absolute Gasteiger partial charge is 0.485 e. The van der Waals surface area contributed by atoms with Crippen LogP contribution >= 0.6 is 11.3 Å². The molecule has 1 aliphatic rings. The summed E-state index contributed by atoms with van der Waals surface area (Å²) in [7, 11) is 0. The Labute approximate surface area is 141 Å². The number of hydrazone groups is 1. The third-order valence-electron chi connectivity index (χ3n) is 3.31. The van der Waals surface area contributed by atoms with E-state index in [0.29, 0.717) is 22.1 Å². The highest BCUT2D eigenvalue weighted by atomic mass is 32.1. The van der Waals surface area contributed by atoms with Crippen LogP contribution < -0.4 is 14.9 Å². The van der Waals surface area contributed by atoms with E-state index in [0.717, 1.165) is 11.3 Å². The molecule has 24 heavy (non-hydrogen) atoms. The van der Waals surface area contributed by atoms with Gasteiger partial charge in [-0.25, -0.2) is 10.2 Å². The van der Waals surface area contributed by atoms with Gasteiger partial charge in [0.1, 0.15) is 11.5 Å². The van der Waals surface area contributed by atoms with Crippen molar-refractivity contribution in [1.82, 2.24) is 5.43 Å². The van der Waals surface area contributed by atoms with Gasteiger partial charge in [-0.2, -0.15) is 5.10 Å². The Kier molecular flexibility index (Phi) is 4.48. The first-order valence-electron chi connectivity index (χ1n) is 7.10. The molecule has 2 N–H and O–H groups in total. The van der Waals surface area contributed by atoms with E-state index < -0.39 is 18.0 Å². The Hall–Kier alpha value is -2.87. The molecular weight excluding hydrogens is 332 g/mol. The van der Waals surface area contributed by atoms with E-state index in [9.17, 15) is 9.59 Å². The zero-order chi connectivity index (χ0) is 17.1. The number of benzene rings is 1. The van der Waals surface area contributed by atoms with Gasteiger partial charge in [0.05, 0.1) is 10.6 Å². The molecule has 0 spiro atoms.